The van der Waals surface area contributed by atoms with E-state index >= 15 is 0 Å². The number of rotatable bonds is 4. The number of amides is 2. The van der Waals surface area contributed by atoms with Crippen LogP contribution < -0.4 is 5.32 Å². The number of benzene rings is 1. The van der Waals surface area contributed by atoms with Crippen molar-refractivity contribution >= 4 is 29.1 Å². The lowest BCUT2D eigenvalue weighted by Crippen LogP contribution is -2.34. The summed E-state index contributed by atoms with van der Waals surface area (Å²) in [5.74, 6) is -0.438. The summed E-state index contributed by atoms with van der Waals surface area (Å²) in [6, 6.07) is 6.79. The van der Waals surface area contributed by atoms with Gasteiger partial charge in [0.15, 0.2) is 0 Å². The maximum atomic E-state index is 11.7. The highest BCUT2D eigenvalue weighted by atomic mass is 35.5. The quantitative estimate of drug-likeness (QED) is 0.862. The molecule has 0 saturated heterocycles. The highest BCUT2D eigenvalue weighted by Crippen LogP contribution is 2.13. The van der Waals surface area contributed by atoms with Crippen LogP contribution >= 0.6 is 11.6 Å². The summed E-state index contributed by atoms with van der Waals surface area (Å²) in [6.45, 7) is 3.67. The first-order chi connectivity index (χ1) is 8.88. The van der Waals surface area contributed by atoms with Crippen LogP contribution in [0.2, 0.25) is 5.02 Å². The average molecular weight is 281 g/mol. The lowest BCUT2D eigenvalue weighted by Gasteiger charge is -2.15. The number of allylic oxidation sites excluding steroid dienone is 1. The van der Waals surface area contributed by atoms with Crippen molar-refractivity contribution in [3.63, 3.8) is 0 Å². The Bertz CT molecular complexity index is 491. The zero-order valence-corrected chi connectivity index (χ0v) is 12.0. The number of carbonyl (C=O) groups excluding carboxylic acids is 2. The number of nitrogens with zero attached hydrogens (tertiary/aromatic N) is 1. The van der Waals surface area contributed by atoms with Gasteiger partial charge in [-0.3, -0.25) is 9.59 Å². The van der Waals surface area contributed by atoms with Gasteiger partial charge in [-0.15, -0.1) is 0 Å². The standard InChI is InChI=1S/C14H17ClN2O2/c1-10(2)8-14(19)17(3)9-13(18)16-12-6-4-11(15)5-7-12/h4-8H,9H2,1-3H3,(H,16,18). The summed E-state index contributed by atoms with van der Waals surface area (Å²) in [5, 5.41) is 3.30. The minimum absolute atomic E-state index is 0.00520. The molecule has 0 aromatic heterocycles. The van der Waals surface area contributed by atoms with Crippen LogP contribution in [0.3, 0.4) is 0 Å². The van der Waals surface area contributed by atoms with Gasteiger partial charge in [-0.1, -0.05) is 17.2 Å². The molecule has 0 aliphatic heterocycles. The molecule has 0 aliphatic rings. The van der Waals surface area contributed by atoms with E-state index in [4.69, 9.17) is 11.6 Å². The van der Waals surface area contributed by atoms with Crippen molar-refractivity contribution in [3.05, 3.63) is 40.9 Å². The zero-order valence-electron chi connectivity index (χ0n) is 11.2. The van der Waals surface area contributed by atoms with Crippen LogP contribution in [0.15, 0.2) is 35.9 Å². The maximum Gasteiger partial charge on any atom is 0.246 e. The third-order valence-corrected chi connectivity index (χ3v) is 2.55. The van der Waals surface area contributed by atoms with Gasteiger partial charge in [0.2, 0.25) is 11.8 Å². The number of halogens is 1. The van der Waals surface area contributed by atoms with Gasteiger partial charge >= 0.3 is 0 Å². The SMILES string of the molecule is CC(C)=CC(=O)N(C)CC(=O)Nc1ccc(Cl)cc1. The van der Waals surface area contributed by atoms with E-state index in [9.17, 15) is 9.59 Å². The van der Waals surface area contributed by atoms with E-state index in [1.165, 1.54) is 11.0 Å². The molecule has 4 nitrogen and oxygen atoms in total. The fourth-order valence-corrected chi connectivity index (χ4v) is 1.51. The Hall–Kier alpha value is -1.81. The molecule has 0 atom stereocenters. The van der Waals surface area contributed by atoms with Crippen molar-refractivity contribution in [2.45, 2.75) is 13.8 Å². The first-order valence-electron chi connectivity index (χ1n) is 5.84. The molecule has 19 heavy (non-hydrogen) atoms. The number of nitrogens with one attached hydrogen (secondary N) is 1. The summed E-state index contributed by atoms with van der Waals surface area (Å²) in [7, 11) is 1.59. The molecule has 0 unspecified atom stereocenters. The molecule has 102 valence electrons. The second kappa shape index (κ2) is 6.95. The fourth-order valence-electron chi connectivity index (χ4n) is 1.38. The summed E-state index contributed by atoms with van der Waals surface area (Å²) in [5.41, 5.74) is 1.55. The number of likely N-dealkylation sites (N-methyl/N-ethyl adjacent to an activating group) is 1. The molecular weight excluding hydrogens is 264 g/mol. The second-order valence-corrected chi connectivity index (χ2v) is 4.91. The number of anilines is 1. The number of hydrogen-bond acceptors (Lipinski definition) is 2. The minimum atomic E-state index is -0.250. The van der Waals surface area contributed by atoms with Gasteiger partial charge in [0.25, 0.3) is 0 Å². The summed E-state index contributed by atoms with van der Waals surface area (Å²) in [6.07, 6.45) is 1.50. The first kappa shape index (κ1) is 15.2. The average Bonchev–Trinajstić information content (AvgIpc) is 2.31. The van der Waals surface area contributed by atoms with Crippen molar-refractivity contribution in [1.29, 1.82) is 0 Å². The molecule has 0 bridgehead atoms. The Kier molecular flexibility index (Phi) is 5.57. The third-order valence-electron chi connectivity index (χ3n) is 2.30. The van der Waals surface area contributed by atoms with Gasteiger partial charge in [-0.05, 0) is 38.1 Å². The van der Waals surface area contributed by atoms with E-state index in [1.807, 2.05) is 13.8 Å². The smallest absolute Gasteiger partial charge is 0.246 e. The Morgan fingerprint density at radius 2 is 1.84 bits per heavy atom. The van der Waals surface area contributed by atoms with Crippen LogP contribution in [0.4, 0.5) is 5.69 Å². The van der Waals surface area contributed by atoms with E-state index in [2.05, 4.69) is 5.32 Å². The molecule has 0 fully saturated rings. The zero-order chi connectivity index (χ0) is 14.4. The largest absolute Gasteiger partial charge is 0.333 e. The van der Waals surface area contributed by atoms with E-state index in [0.29, 0.717) is 10.7 Å². The highest BCUT2D eigenvalue weighted by molar-refractivity contribution is 6.30. The maximum absolute atomic E-state index is 11.7. The van der Waals surface area contributed by atoms with Gasteiger partial charge < -0.3 is 10.2 Å². The van der Waals surface area contributed by atoms with Gasteiger partial charge in [0.1, 0.15) is 0 Å². The van der Waals surface area contributed by atoms with Crippen molar-refractivity contribution in [2.75, 3.05) is 18.9 Å². The number of carbonyl (C=O) groups is 2. The minimum Gasteiger partial charge on any atom is -0.333 e. The summed E-state index contributed by atoms with van der Waals surface area (Å²) in [4.78, 5) is 24.7. The van der Waals surface area contributed by atoms with Crippen LogP contribution in [-0.2, 0) is 9.59 Å². The van der Waals surface area contributed by atoms with Gasteiger partial charge in [-0.2, -0.15) is 0 Å². The Balaban J connectivity index is 2.53. The molecular formula is C14H17ClN2O2. The van der Waals surface area contributed by atoms with E-state index in [0.717, 1.165) is 5.57 Å². The van der Waals surface area contributed by atoms with Crippen molar-refractivity contribution in [3.8, 4) is 0 Å². The molecule has 0 heterocycles. The van der Waals surface area contributed by atoms with Crippen LogP contribution in [0.5, 0.6) is 0 Å². The Labute approximate surface area is 118 Å². The topological polar surface area (TPSA) is 49.4 Å². The van der Waals surface area contributed by atoms with E-state index in [1.54, 1.807) is 31.3 Å². The normalized spacial score (nSPS) is 9.68. The number of hydrogen-bond donors (Lipinski definition) is 1. The van der Waals surface area contributed by atoms with E-state index < -0.39 is 0 Å². The second-order valence-electron chi connectivity index (χ2n) is 4.47. The predicted molar refractivity (Wildman–Crippen MR) is 77.1 cm³/mol. The van der Waals surface area contributed by atoms with Crippen molar-refractivity contribution < 1.29 is 9.59 Å². The third kappa shape index (κ3) is 5.57. The Morgan fingerprint density at radius 1 is 1.26 bits per heavy atom. The van der Waals surface area contributed by atoms with E-state index in [-0.39, 0.29) is 18.4 Å². The molecule has 0 radical (unpaired) electrons. The highest BCUT2D eigenvalue weighted by Gasteiger charge is 2.10. The van der Waals surface area contributed by atoms with Crippen LogP contribution in [0.25, 0.3) is 0 Å². The predicted octanol–water partition coefficient (Wildman–Crippen LogP) is 2.70. The fraction of sp³-hybridized carbons (Fsp3) is 0.286. The Morgan fingerprint density at radius 3 is 2.37 bits per heavy atom. The molecule has 5 heteroatoms. The molecule has 1 aromatic carbocycles. The van der Waals surface area contributed by atoms with Gasteiger partial charge in [0, 0.05) is 23.8 Å². The molecule has 1 aromatic rings. The lowest BCUT2D eigenvalue weighted by atomic mass is 10.3. The van der Waals surface area contributed by atoms with Crippen LogP contribution in [-0.4, -0.2) is 30.3 Å². The monoisotopic (exact) mass is 280 g/mol. The van der Waals surface area contributed by atoms with Gasteiger partial charge in [0.05, 0.1) is 6.54 Å². The summed E-state index contributed by atoms with van der Waals surface area (Å²) >= 11 is 5.75. The molecule has 1 N–H and O–H groups in total. The molecule has 0 saturated carbocycles. The summed E-state index contributed by atoms with van der Waals surface area (Å²) < 4.78 is 0. The van der Waals surface area contributed by atoms with Crippen LogP contribution in [0, 0.1) is 0 Å². The molecule has 2 amide bonds. The van der Waals surface area contributed by atoms with Crippen molar-refractivity contribution in [1.82, 2.24) is 4.90 Å². The lowest BCUT2D eigenvalue weighted by molar-refractivity contribution is -0.129. The van der Waals surface area contributed by atoms with Gasteiger partial charge in [-0.25, -0.2) is 0 Å². The molecule has 0 spiro atoms. The molecule has 1 rings (SSSR count). The first-order valence-corrected chi connectivity index (χ1v) is 6.21. The molecule has 0 aliphatic carbocycles. The van der Waals surface area contributed by atoms with Crippen LogP contribution in [0.1, 0.15) is 13.8 Å². The van der Waals surface area contributed by atoms with Crippen molar-refractivity contribution in [2.24, 2.45) is 0 Å².